The number of rotatable bonds is 5. The number of ether oxygens (including phenoxy) is 1. The Hall–Kier alpha value is -1.07. The van der Waals surface area contributed by atoms with Crippen LogP contribution in [0.5, 0.6) is 17.2 Å². The van der Waals surface area contributed by atoms with E-state index >= 15 is 0 Å². The summed E-state index contributed by atoms with van der Waals surface area (Å²) >= 11 is 4.53. The molecule has 1 fully saturated rings. The van der Waals surface area contributed by atoms with E-state index in [2.05, 4.69) is 62.6 Å². The molecule has 1 aliphatic heterocycles. The number of hydrogen-bond donors (Lipinski definition) is 2. The Kier molecular flexibility index (Phi) is 6.98. The maximum absolute atomic E-state index is 12.3. The summed E-state index contributed by atoms with van der Waals surface area (Å²) in [4.78, 5) is 14.3. The third kappa shape index (κ3) is 5.23. The Morgan fingerprint density at radius 1 is 1.12 bits per heavy atom. The summed E-state index contributed by atoms with van der Waals surface area (Å²) in [6.07, 6.45) is 1.26. The van der Waals surface area contributed by atoms with Crippen molar-refractivity contribution in [3.63, 3.8) is 0 Å². The SMILES string of the molecule is O=C(CCc1cc(I)c(Oc2ccc(O)cc2)c(I)c1)N1CCNCC1. The first-order chi connectivity index (χ1) is 12.5. The molecule has 5 nitrogen and oxygen atoms in total. The normalized spacial score (nSPS) is 14.3. The molecule has 26 heavy (non-hydrogen) atoms. The van der Waals surface area contributed by atoms with Crippen molar-refractivity contribution < 1.29 is 14.6 Å². The predicted molar refractivity (Wildman–Crippen MR) is 118 cm³/mol. The number of piperazine rings is 1. The van der Waals surface area contributed by atoms with E-state index in [1.54, 1.807) is 24.3 Å². The van der Waals surface area contributed by atoms with Gasteiger partial charge >= 0.3 is 0 Å². The van der Waals surface area contributed by atoms with E-state index in [9.17, 15) is 9.90 Å². The van der Waals surface area contributed by atoms with Crippen LogP contribution < -0.4 is 10.1 Å². The molecule has 2 N–H and O–H groups in total. The zero-order valence-electron chi connectivity index (χ0n) is 14.2. The quantitative estimate of drug-likeness (QED) is 0.531. The molecule has 3 rings (SSSR count). The molecule has 0 aromatic heterocycles. The van der Waals surface area contributed by atoms with Gasteiger partial charge in [0, 0.05) is 32.6 Å². The summed E-state index contributed by atoms with van der Waals surface area (Å²) in [6.45, 7) is 3.36. The molecule has 0 aliphatic carbocycles. The highest BCUT2D eigenvalue weighted by Crippen LogP contribution is 2.33. The van der Waals surface area contributed by atoms with Gasteiger partial charge in [-0.3, -0.25) is 4.79 Å². The molecule has 1 heterocycles. The molecule has 1 aliphatic rings. The molecule has 7 heteroatoms. The first kappa shape index (κ1) is 19.7. The van der Waals surface area contributed by atoms with Gasteiger partial charge in [-0.15, -0.1) is 0 Å². The second kappa shape index (κ2) is 9.23. The summed E-state index contributed by atoms with van der Waals surface area (Å²) in [5, 5.41) is 12.6. The van der Waals surface area contributed by atoms with Gasteiger partial charge in [-0.25, -0.2) is 0 Å². The maximum Gasteiger partial charge on any atom is 0.222 e. The van der Waals surface area contributed by atoms with Crippen molar-refractivity contribution in [2.24, 2.45) is 0 Å². The number of amides is 1. The fourth-order valence-electron chi connectivity index (χ4n) is 2.81. The van der Waals surface area contributed by atoms with Crippen molar-refractivity contribution >= 4 is 51.1 Å². The third-order valence-corrected chi connectivity index (χ3v) is 5.81. The number of aromatic hydroxyl groups is 1. The third-order valence-electron chi connectivity index (χ3n) is 4.21. The van der Waals surface area contributed by atoms with Crippen LogP contribution in [-0.4, -0.2) is 42.1 Å². The van der Waals surface area contributed by atoms with E-state index in [1.165, 1.54) is 0 Å². The first-order valence-corrected chi connectivity index (χ1v) is 10.6. The fraction of sp³-hybridized carbons (Fsp3) is 0.316. The zero-order valence-corrected chi connectivity index (χ0v) is 18.5. The van der Waals surface area contributed by atoms with Crippen LogP contribution in [0.15, 0.2) is 36.4 Å². The van der Waals surface area contributed by atoms with E-state index in [4.69, 9.17) is 4.74 Å². The number of carbonyl (C=O) groups is 1. The van der Waals surface area contributed by atoms with Crippen LogP contribution in [-0.2, 0) is 11.2 Å². The highest BCUT2D eigenvalue weighted by atomic mass is 127. The summed E-state index contributed by atoms with van der Waals surface area (Å²) in [7, 11) is 0. The van der Waals surface area contributed by atoms with Crippen molar-refractivity contribution in [2.75, 3.05) is 26.2 Å². The molecule has 1 amide bonds. The minimum absolute atomic E-state index is 0.214. The average molecular weight is 578 g/mol. The number of nitrogens with zero attached hydrogens (tertiary/aromatic N) is 1. The number of halogens is 2. The van der Waals surface area contributed by atoms with E-state index in [0.29, 0.717) is 12.2 Å². The van der Waals surface area contributed by atoms with Crippen molar-refractivity contribution in [1.82, 2.24) is 10.2 Å². The molecule has 2 aromatic rings. The Balaban J connectivity index is 1.64. The van der Waals surface area contributed by atoms with E-state index < -0.39 is 0 Å². The Labute approximate surface area is 180 Å². The molecule has 0 spiro atoms. The summed E-state index contributed by atoms with van der Waals surface area (Å²) in [5.74, 6) is 1.92. The molecule has 0 bridgehead atoms. The summed E-state index contributed by atoms with van der Waals surface area (Å²) in [6, 6.07) is 10.8. The Bertz CT molecular complexity index is 752. The van der Waals surface area contributed by atoms with Gasteiger partial charge in [0.1, 0.15) is 11.5 Å². The van der Waals surface area contributed by atoms with E-state index in [1.807, 2.05) is 4.90 Å². The molecule has 2 aromatic carbocycles. The lowest BCUT2D eigenvalue weighted by molar-refractivity contribution is -0.131. The smallest absolute Gasteiger partial charge is 0.222 e. The highest BCUT2D eigenvalue weighted by molar-refractivity contribution is 14.1. The van der Waals surface area contributed by atoms with Crippen LogP contribution in [0.1, 0.15) is 12.0 Å². The van der Waals surface area contributed by atoms with Gasteiger partial charge < -0.3 is 20.1 Å². The van der Waals surface area contributed by atoms with E-state index in [0.717, 1.165) is 51.1 Å². The van der Waals surface area contributed by atoms with Crippen molar-refractivity contribution in [3.05, 3.63) is 49.1 Å². The monoisotopic (exact) mass is 578 g/mol. The van der Waals surface area contributed by atoms with Crippen LogP contribution in [0.4, 0.5) is 0 Å². The number of phenolic OH excluding ortho intramolecular Hbond substituents is 1. The average Bonchev–Trinajstić information content (AvgIpc) is 2.65. The van der Waals surface area contributed by atoms with Gasteiger partial charge in [0.15, 0.2) is 5.75 Å². The summed E-state index contributed by atoms with van der Waals surface area (Å²) < 4.78 is 7.98. The highest BCUT2D eigenvalue weighted by Gasteiger charge is 2.17. The van der Waals surface area contributed by atoms with Crippen molar-refractivity contribution in [3.8, 4) is 17.2 Å². The first-order valence-electron chi connectivity index (χ1n) is 8.46. The van der Waals surface area contributed by atoms with Gasteiger partial charge in [0.2, 0.25) is 5.91 Å². The number of carbonyl (C=O) groups excluding carboxylic acids is 1. The molecule has 0 unspecified atom stereocenters. The second-order valence-corrected chi connectivity index (χ2v) is 8.44. The largest absolute Gasteiger partial charge is 0.508 e. The lowest BCUT2D eigenvalue weighted by atomic mass is 10.1. The van der Waals surface area contributed by atoms with Crippen LogP contribution in [0, 0.1) is 7.14 Å². The van der Waals surface area contributed by atoms with Gasteiger partial charge in [-0.2, -0.15) is 0 Å². The minimum atomic E-state index is 0.214. The fourth-order valence-corrected chi connectivity index (χ4v) is 4.93. The van der Waals surface area contributed by atoms with Crippen LogP contribution in [0.2, 0.25) is 0 Å². The van der Waals surface area contributed by atoms with E-state index in [-0.39, 0.29) is 11.7 Å². The van der Waals surface area contributed by atoms with Crippen molar-refractivity contribution in [1.29, 1.82) is 0 Å². The molecule has 1 saturated heterocycles. The Morgan fingerprint density at radius 3 is 2.35 bits per heavy atom. The standard InChI is InChI=1S/C19H20I2N2O3/c20-16-11-13(1-6-18(25)23-9-7-22-8-10-23)12-17(21)19(16)26-15-4-2-14(24)3-5-15/h2-5,11-12,22,24H,1,6-10H2. The minimum Gasteiger partial charge on any atom is -0.508 e. The van der Waals surface area contributed by atoms with Crippen LogP contribution in [0.25, 0.3) is 0 Å². The van der Waals surface area contributed by atoms with Gasteiger partial charge in [-0.1, -0.05) is 0 Å². The molecule has 0 radical (unpaired) electrons. The molecule has 0 saturated carbocycles. The van der Waals surface area contributed by atoms with Gasteiger partial charge in [0.25, 0.3) is 0 Å². The lowest BCUT2D eigenvalue weighted by Gasteiger charge is -2.27. The Morgan fingerprint density at radius 2 is 1.73 bits per heavy atom. The topological polar surface area (TPSA) is 61.8 Å². The predicted octanol–water partition coefficient (Wildman–Crippen LogP) is 3.76. The maximum atomic E-state index is 12.3. The van der Waals surface area contributed by atoms with Crippen LogP contribution in [0.3, 0.4) is 0 Å². The number of nitrogens with one attached hydrogen (secondary N) is 1. The molecule has 138 valence electrons. The number of phenols is 1. The number of benzene rings is 2. The molecular formula is C19H20I2N2O3. The molecular weight excluding hydrogens is 558 g/mol. The van der Waals surface area contributed by atoms with Gasteiger partial charge in [-0.05, 0) is 93.6 Å². The zero-order chi connectivity index (χ0) is 18.5. The second-order valence-electron chi connectivity index (χ2n) is 6.12. The van der Waals surface area contributed by atoms with Crippen molar-refractivity contribution in [2.45, 2.75) is 12.8 Å². The van der Waals surface area contributed by atoms with Gasteiger partial charge in [0.05, 0.1) is 7.14 Å². The number of hydrogen-bond acceptors (Lipinski definition) is 4. The lowest BCUT2D eigenvalue weighted by Crippen LogP contribution is -2.46. The number of aryl methyl sites for hydroxylation is 1. The van der Waals surface area contributed by atoms with Crippen LogP contribution >= 0.6 is 45.2 Å². The molecule has 0 atom stereocenters. The summed E-state index contributed by atoms with van der Waals surface area (Å²) in [5.41, 5.74) is 1.14.